The lowest BCUT2D eigenvalue weighted by molar-refractivity contribution is -0.139. The quantitative estimate of drug-likeness (QED) is 0.0581. The van der Waals surface area contributed by atoms with E-state index in [2.05, 4.69) is 325 Å². The summed E-state index contributed by atoms with van der Waals surface area (Å²) in [6.45, 7) is 27.0. The Labute approximate surface area is 472 Å². The largest absolute Gasteiger partial charge is 0.457 e. The molecule has 8 rings (SSSR count). The van der Waals surface area contributed by atoms with Gasteiger partial charge in [-0.1, -0.05) is 259 Å². The summed E-state index contributed by atoms with van der Waals surface area (Å²) in [4.78, 5) is 13.0. The van der Waals surface area contributed by atoms with Crippen molar-refractivity contribution in [1.82, 2.24) is 0 Å². The molecule has 0 atom stereocenters. The van der Waals surface area contributed by atoms with Crippen LogP contribution in [-0.2, 0) is 37.8 Å². The average molecular weight is 1030 g/mol. The highest BCUT2D eigenvalue weighted by Gasteiger charge is 2.16. The van der Waals surface area contributed by atoms with E-state index >= 15 is 0 Å². The number of carbonyl (C=O) groups is 1. The maximum Gasteiger partial charge on any atom is 0.347 e. The van der Waals surface area contributed by atoms with Crippen LogP contribution >= 0.6 is 0 Å². The van der Waals surface area contributed by atoms with Crippen molar-refractivity contribution >= 4 is 78.9 Å². The van der Waals surface area contributed by atoms with Gasteiger partial charge in [0.05, 0.1) is 0 Å². The van der Waals surface area contributed by atoms with Crippen molar-refractivity contribution in [1.29, 1.82) is 0 Å². The number of benzene rings is 7. The normalized spacial score (nSPS) is 13.2. The third kappa shape index (κ3) is 16.8. The van der Waals surface area contributed by atoms with Gasteiger partial charge in [-0.25, -0.2) is 4.79 Å². The lowest BCUT2D eigenvalue weighted by Crippen LogP contribution is -2.10. The molecule has 0 unspecified atom stereocenters. The second-order valence-electron chi connectivity index (χ2n) is 24.9. The zero-order valence-electron chi connectivity index (χ0n) is 48.5. The molecule has 0 heterocycles. The van der Waals surface area contributed by atoms with Gasteiger partial charge >= 0.3 is 5.97 Å². The Morgan fingerprint density at radius 2 is 0.570 bits per heavy atom. The van der Waals surface area contributed by atoms with Gasteiger partial charge in [0, 0.05) is 6.08 Å². The van der Waals surface area contributed by atoms with Crippen molar-refractivity contribution < 1.29 is 9.53 Å². The first-order valence-electron chi connectivity index (χ1n) is 27.6. The number of carbonyl (C=O) groups excluding carboxylic acids is 1. The van der Waals surface area contributed by atoms with Gasteiger partial charge in [0.25, 0.3) is 0 Å². The lowest BCUT2D eigenvalue weighted by atomic mass is 9.86. The Hall–Kier alpha value is -8.47. The molecule has 0 aliphatic heterocycles. The summed E-state index contributed by atoms with van der Waals surface area (Å²) in [5, 5.41) is 0. The summed E-state index contributed by atoms with van der Waals surface area (Å²) in [6, 6.07) is 55.0. The van der Waals surface area contributed by atoms with Crippen LogP contribution in [0.2, 0.25) is 0 Å². The van der Waals surface area contributed by atoms with E-state index in [0.717, 1.165) is 72.3 Å². The molecule has 1 aliphatic rings. The zero-order valence-corrected chi connectivity index (χ0v) is 48.5. The molecule has 79 heavy (non-hydrogen) atoms. The maximum atomic E-state index is 13.0. The van der Waals surface area contributed by atoms with Crippen LogP contribution in [0.5, 0.6) is 0 Å². The molecule has 0 fully saturated rings. The SMILES string of the molecule is CC(C)(C)c1ccc(/C=C/c2cc(/C=C/c3ccc(C(C)(C)C)cc3)cc(/C=C/c3cc(/C=C/c4cc(/C=C/c5ccc(C(C)(C)C)cc5)cc(/C=C/c5ccc(C(C)(C)C)cc5)c4)cc(COC(=O)C4=C=C=C=C4)c3)c2)cc1. The van der Waals surface area contributed by atoms with E-state index < -0.39 is 5.97 Å². The third-order valence-corrected chi connectivity index (χ3v) is 14.0. The average Bonchev–Trinajstić information content (AvgIpc) is 3.98. The Morgan fingerprint density at radius 3 is 0.785 bits per heavy atom. The van der Waals surface area contributed by atoms with E-state index in [-0.39, 0.29) is 28.3 Å². The number of rotatable bonds is 15. The molecule has 0 spiro atoms. The van der Waals surface area contributed by atoms with Gasteiger partial charge in [-0.05, 0) is 182 Å². The summed E-state index contributed by atoms with van der Waals surface area (Å²) >= 11 is 0. The molecule has 2 heteroatoms. The standard InChI is InChI=1S/C77H76O2/c1-74(2,3)69-37-29-55(30-38-69)17-21-59-45-60(22-18-56-31-39-70(40-32-56)75(4,5)6)48-63(47-59)25-27-65-51-66(53-67(52-65)54-79-73(78)68-15-13-14-16-68)28-26-64-49-61(23-19-57-33-41-71(42-34-57)76(7,8)9)46-62(50-64)24-20-58-35-43-72(44-36-58)77(10,11)12/h15,17-53H,54H2,1-12H3/b21-17+,22-18+,23-19+,24-20+,27-25+,28-26+. The second-order valence-corrected chi connectivity index (χ2v) is 24.9. The second kappa shape index (κ2) is 24.5. The minimum absolute atomic E-state index is 0.0880. The van der Waals surface area contributed by atoms with E-state index in [0.29, 0.717) is 5.57 Å². The van der Waals surface area contributed by atoms with Gasteiger partial charge in [-0.15, -0.1) is 0 Å². The van der Waals surface area contributed by atoms with E-state index in [1.807, 2.05) is 0 Å². The predicted octanol–water partition coefficient (Wildman–Crippen LogP) is 20.3. The Balaban J connectivity index is 1.14. The summed E-state index contributed by atoms with van der Waals surface area (Å²) in [6.07, 6.45) is 27.7. The number of esters is 1. The van der Waals surface area contributed by atoms with E-state index in [4.69, 9.17) is 4.74 Å². The first kappa shape index (κ1) is 56.7. The number of hydrogen-bond acceptors (Lipinski definition) is 2. The van der Waals surface area contributed by atoms with Gasteiger partial charge in [-0.3, -0.25) is 0 Å². The van der Waals surface area contributed by atoms with Crippen molar-refractivity contribution in [3.63, 3.8) is 0 Å². The Bertz CT molecular complexity index is 3260. The summed E-state index contributed by atoms with van der Waals surface area (Å²) < 4.78 is 5.83. The lowest BCUT2D eigenvalue weighted by Gasteiger charge is -2.18. The smallest absolute Gasteiger partial charge is 0.347 e. The predicted molar refractivity (Wildman–Crippen MR) is 342 cm³/mol. The molecule has 0 saturated heterocycles. The molecular formula is C77H76O2. The maximum absolute atomic E-state index is 13.0. The molecule has 0 radical (unpaired) electrons. The van der Waals surface area contributed by atoms with Crippen LogP contribution in [0.15, 0.2) is 181 Å². The van der Waals surface area contributed by atoms with E-state index in [1.54, 1.807) is 6.08 Å². The van der Waals surface area contributed by atoms with Crippen LogP contribution in [0.25, 0.3) is 72.9 Å². The molecule has 1 aliphatic carbocycles. The van der Waals surface area contributed by atoms with Crippen LogP contribution in [0.4, 0.5) is 0 Å². The number of hydrogen-bond donors (Lipinski definition) is 0. The van der Waals surface area contributed by atoms with Crippen LogP contribution < -0.4 is 0 Å². The summed E-state index contributed by atoms with van der Waals surface area (Å²) in [7, 11) is 0. The summed E-state index contributed by atoms with van der Waals surface area (Å²) in [5.41, 5.74) is 28.1. The zero-order chi connectivity index (χ0) is 56.4. The fraction of sp³-hybridized carbons (Fsp3) is 0.221. The minimum atomic E-state index is -0.461. The van der Waals surface area contributed by atoms with Crippen LogP contribution in [0.3, 0.4) is 0 Å². The highest BCUT2D eigenvalue weighted by atomic mass is 16.5. The van der Waals surface area contributed by atoms with Crippen molar-refractivity contribution in [3.05, 3.63) is 275 Å². The molecule has 7 aromatic carbocycles. The molecule has 0 saturated carbocycles. The van der Waals surface area contributed by atoms with Crippen molar-refractivity contribution in [3.8, 4) is 0 Å². The monoisotopic (exact) mass is 1030 g/mol. The summed E-state index contributed by atoms with van der Waals surface area (Å²) in [5.74, 6) is -0.461. The number of ether oxygens (including phenoxy) is 1. The van der Waals surface area contributed by atoms with Crippen molar-refractivity contribution in [2.75, 3.05) is 0 Å². The molecular weight excluding hydrogens is 957 g/mol. The molecule has 0 N–H and O–H groups in total. The van der Waals surface area contributed by atoms with Gasteiger partial charge in [0.2, 0.25) is 0 Å². The minimum Gasteiger partial charge on any atom is -0.457 e. The molecule has 7 aromatic rings. The Morgan fingerprint density at radius 1 is 0.342 bits per heavy atom. The molecule has 2 nitrogen and oxygen atoms in total. The van der Waals surface area contributed by atoms with Crippen LogP contribution in [-0.4, -0.2) is 5.97 Å². The van der Waals surface area contributed by atoms with Crippen LogP contribution in [0, 0.1) is 0 Å². The molecule has 0 amide bonds. The molecule has 396 valence electrons. The Kier molecular flexibility index (Phi) is 17.6. The van der Waals surface area contributed by atoms with Gasteiger partial charge in [0.1, 0.15) is 12.2 Å². The van der Waals surface area contributed by atoms with E-state index in [1.165, 1.54) is 22.3 Å². The van der Waals surface area contributed by atoms with Crippen molar-refractivity contribution in [2.24, 2.45) is 0 Å². The van der Waals surface area contributed by atoms with Gasteiger partial charge in [-0.2, -0.15) is 0 Å². The molecule has 0 bridgehead atoms. The molecule has 0 aromatic heterocycles. The third-order valence-electron chi connectivity index (χ3n) is 14.0. The van der Waals surface area contributed by atoms with Gasteiger partial charge < -0.3 is 4.74 Å². The first-order chi connectivity index (χ1) is 37.5. The fourth-order valence-corrected chi connectivity index (χ4v) is 9.12. The fourth-order valence-electron chi connectivity index (χ4n) is 9.12. The van der Waals surface area contributed by atoms with Crippen LogP contribution in [0.1, 0.15) is 178 Å². The first-order valence-corrected chi connectivity index (χ1v) is 27.6. The highest BCUT2D eigenvalue weighted by molar-refractivity contribution is 5.91. The van der Waals surface area contributed by atoms with Gasteiger partial charge in [0.15, 0.2) is 0 Å². The van der Waals surface area contributed by atoms with Crippen molar-refractivity contribution in [2.45, 2.75) is 111 Å². The van der Waals surface area contributed by atoms with E-state index in [9.17, 15) is 4.79 Å². The topological polar surface area (TPSA) is 26.3 Å². The highest BCUT2D eigenvalue weighted by Crippen LogP contribution is 2.29.